The SMILES string of the molecule is Cc1cccc2c(=O)n3c4c(cccc4c12)CC3. The fraction of sp³-hybridized carbons (Fsp3) is 0.188. The molecular weight excluding hydrogens is 222 g/mol. The first-order valence-electron chi connectivity index (χ1n) is 6.31. The summed E-state index contributed by atoms with van der Waals surface area (Å²) in [6.07, 6.45) is 0.974. The lowest BCUT2D eigenvalue weighted by molar-refractivity contribution is 0.747. The second-order valence-corrected chi connectivity index (χ2v) is 5.02. The van der Waals surface area contributed by atoms with E-state index in [1.54, 1.807) is 0 Å². The summed E-state index contributed by atoms with van der Waals surface area (Å²) in [5, 5.41) is 3.19. The lowest BCUT2D eigenvalue weighted by Gasteiger charge is -2.10. The summed E-state index contributed by atoms with van der Waals surface area (Å²) < 4.78 is 1.94. The van der Waals surface area contributed by atoms with Crippen molar-refractivity contribution in [3.05, 3.63) is 57.9 Å². The van der Waals surface area contributed by atoms with Crippen LogP contribution in [0.4, 0.5) is 0 Å². The molecular formula is C16H13NO. The third-order valence-corrected chi connectivity index (χ3v) is 4.01. The highest BCUT2D eigenvalue weighted by atomic mass is 16.1. The highest BCUT2D eigenvalue weighted by Gasteiger charge is 2.18. The predicted molar refractivity (Wildman–Crippen MR) is 74.2 cm³/mol. The van der Waals surface area contributed by atoms with E-state index >= 15 is 0 Å². The van der Waals surface area contributed by atoms with E-state index in [-0.39, 0.29) is 5.56 Å². The fourth-order valence-electron chi connectivity index (χ4n) is 3.21. The molecule has 1 aliphatic rings. The summed E-state index contributed by atoms with van der Waals surface area (Å²) in [6.45, 7) is 2.90. The topological polar surface area (TPSA) is 22.0 Å². The standard InChI is InChI=1S/C16H13NO/c1-10-4-2-7-13-14(10)12-6-3-5-11-8-9-17(15(11)12)16(13)18/h2-7H,8-9H2,1H3. The van der Waals surface area contributed by atoms with Gasteiger partial charge in [-0.2, -0.15) is 0 Å². The molecule has 2 nitrogen and oxygen atoms in total. The zero-order chi connectivity index (χ0) is 12.3. The number of aromatic nitrogens is 1. The molecule has 0 amide bonds. The molecule has 0 bridgehead atoms. The van der Waals surface area contributed by atoms with Crippen molar-refractivity contribution >= 4 is 21.7 Å². The number of nitrogens with zero attached hydrogens (tertiary/aromatic N) is 1. The van der Waals surface area contributed by atoms with Crippen molar-refractivity contribution < 1.29 is 0 Å². The number of hydrogen-bond donors (Lipinski definition) is 0. The van der Waals surface area contributed by atoms with Crippen LogP contribution in [0.3, 0.4) is 0 Å². The largest absolute Gasteiger partial charge is 0.307 e. The Morgan fingerprint density at radius 1 is 1.06 bits per heavy atom. The third kappa shape index (κ3) is 1.05. The van der Waals surface area contributed by atoms with E-state index in [1.807, 2.05) is 16.7 Å². The van der Waals surface area contributed by atoms with Gasteiger partial charge in [-0.1, -0.05) is 30.3 Å². The summed E-state index contributed by atoms with van der Waals surface area (Å²) in [5.41, 5.74) is 3.78. The molecule has 0 spiro atoms. The number of rotatable bonds is 0. The number of pyridine rings is 1. The van der Waals surface area contributed by atoms with Crippen LogP contribution in [0.5, 0.6) is 0 Å². The average Bonchev–Trinajstić information content (AvgIpc) is 2.81. The van der Waals surface area contributed by atoms with Crippen molar-refractivity contribution in [3.63, 3.8) is 0 Å². The predicted octanol–water partition coefficient (Wildman–Crippen LogP) is 3.02. The first kappa shape index (κ1) is 9.89. The van der Waals surface area contributed by atoms with Crippen LogP contribution >= 0.6 is 0 Å². The van der Waals surface area contributed by atoms with Gasteiger partial charge >= 0.3 is 0 Å². The Kier molecular flexibility index (Phi) is 1.77. The van der Waals surface area contributed by atoms with Gasteiger partial charge in [0, 0.05) is 17.3 Å². The number of para-hydroxylation sites is 1. The summed E-state index contributed by atoms with van der Waals surface area (Å²) in [7, 11) is 0. The van der Waals surface area contributed by atoms with Gasteiger partial charge in [-0.25, -0.2) is 0 Å². The van der Waals surface area contributed by atoms with Crippen LogP contribution in [-0.2, 0) is 13.0 Å². The zero-order valence-electron chi connectivity index (χ0n) is 10.2. The lowest BCUT2D eigenvalue weighted by atomic mass is 10.0. The lowest BCUT2D eigenvalue weighted by Crippen LogP contribution is -2.18. The van der Waals surface area contributed by atoms with Gasteiger partial charge in [0.15, 0.2) is 0 Å². The Hall–Kier alpha value is -2.09. The highest BCUT2D eigenvalue weighted by Crippen LogP contribution is 2.30. The first-order valence-corrected chi connectivity index (χ1v) is 6.31. The van der Waals surface area contributed by atoms with Gasteiger partial charge in [0.05, 0.1) is 5.52 Å². The second-order valence-electron chi connectivity index (χ2n) is 5.02. The molecule has 0 fully saturated rings. The van der Waals surface area contributed by atoms with E-state index < -0.39 is 0 Å². The summed E-state index contributed by atoms with van der Waals surface area (Å²) >= 11 is 0. The van der Waals surface area contributed by atoms with E-state index in [9.17, 15) is 4.79 Å². The molecule has 0 unspecified atom stereocenters. The molecule has 1 aromatic heterocycles. The molecule has 4 rings (SSSR count). The van der Waals surface area contributed by atoms with Crippen LogP contribution in [0.25, 0.3) is 21.7 Å². The molecule has 0 atom stereocenters. The van der Waals surface area contributed by atoms with E-state index in [1.165, 1.54) is 16.5 Å². The molecule has 0 aliphatic carbocycles. The summed E-state index contributed by atoms with van der Waals surface area (Å²) in [4.78, 5) is 12.5. The minimum Gasteiger partial charge on any atom is -0.307 e. The molecule has 0 N–H and O–H groups in total. The smallest absolute Gasteiger partial charge is 0.258 e. The van der Waals surface area contributed by atoms with E-state index in [4.69, 9.17) is 0 Å². The van der Waals surface area contributed by atoms with Crippen LogP contribution in [0.2, 0.25) is 0 Å². The summed E-state index contributed by atoms with van der Waals surface area (Å²) in [6, 6.07) is 12.4. The first-order chi connectivity index (χ1) is 8.77. The molecule has 2 heterocycles. The molecule has 88 valence electrons. The molecule has 0 saturated carbocycles. The summed E-state index contributed by atoms with van der Waals surface area (Å²) in [5.74, 6) is 0. The van der Waals surface area contributed by atoms with Gasteiger partial charge in [0.2, 0.25) is 0 Å². The van der Waals surface area contributed by atoms with E-state index in [2.05, 4.69) is 31.2 Å². The Morgan fingerprint density at radius 2 is 1.83 bits per heavy atom. The maximum atomic E-state index is 12.5. The molecule has 0 radical (unpaired) electrons. The van der Waals surface area contributed by atoms with Crippen LogP contribution < -0.4 is 5.56 Å². The van der Waals surface area contributed by atoms with E-state index in [0.717, 1.165) is 29.3 Å². The molecule has 1 aliphatic heterocycles. The van der Waals surface area contributed by atoms with Crippen LogP contribution in [-0.4, -0.2) is 4.57 Å². The van der Waals surface area contributed by atoms with Gasteiger partial charge in [-0.15, -0.1) is 0 Å². The van der Waals surface area contributed by atoms with Crippen molar-refractivity contribution in [2.24, 2.45) is 0 Å². The van der Waals surface area contributed by atoms with Crippen LogP contribution in [0, 0.1) is 6.92 Å². The average molecular weight is 235 g/mol. The van der Waals surface area contributed by atoms with Crippen molar-refractivity contribution in [3.8, 4) is 0 Å². The molecule has 18 heavy (non-hydrogen) atoms. The van der Waals surface area contributed by atoms with Crippen molar-refractivity contribution in [1.82, 2.24) is 4.57 Å². The van der Waals surface area contributed by atoms with Crippen LogP contribution in [0.1, 0.15) is 11.1 Å². The van der Waals surface area contributed by atoms with Crippen molar-refractivity contribution in [1.29, 1.82) is 0 Å². The maximum absolute atomic E-state index is 12.5. The second kappa shape index (κ2) is 3.22. The maximum Gasteiger partial charge on any atom is 0.258 e. The number of aryl methyl sites for hydroxylation is 3. The number of fused-ring (bicyclic) bond motifs is 2. The van der Waals surface area contributed by atoms with Gasteiger partial charge in [-0.05, 0) is 35.9 Å². The Bertz CT molecular complexity index is 858. The Morgan fingerprint density at radius 3 is 2.72 bits per heavy atom. The van der Waals surface area contributed by atoms with E-state index in [0.29, 0.717) is 0 Å². The van der Waals surface area contributed by atoms with Gasteiger partial charge in [0.1, 0.15) is 0 Å². The molecule has 0 saturated heterocycles. The minimum atomic E-state index is 0.158. The third-order valence-electron chi connectivity index (χ3n) is 4.01. The minimum absolute atomic E-state index is 0.158. The van der Waals surface area contributed by atoms with Crippen molar-refractivity contribution in [2.75, 3.05) is 0 Å². The number of hydrogen-bond acceptors (Lipinski definition) is 1. The van der Waals surface area contributed by atoms with Gasteiger partial charge in [-0.3, -0.25) is 4.79 Å². The Balaban J connectivity index is 2.45. The fourth-order valence-corrected chi connectivity index (χ4v) is 3.21. The normalized spacial score (nSPS) is 13.6. The molecule has 3 aromatic rings. The quantitative estimate of drug-likeness (QED) is 0.549. The Labute approximate surface area is 104 Å². The van der Waals surface area contributed by atoms with Crippen LogP contribution in [0.15, 0.2) is 41.2 Å². The van der Waals surface area contributed by atoms with Crippen molar-refractivity contribution in [2.45, 2.75) is 19.9 Å². The highest BCUT2D eigenvalue weighted by molar-refractivity contribution is 6.08. The number of benzene rings is 2. The zero-order valence-corrected chi connectivity index (χ0v) is 10.2. The molecule has 2 heteroatoms. The molecule has 2 aromatic carbocycles. The van der Waals surface area contributed by atoms with Gasteiger partial charge < -0.3 is 4.57 Å². The van der Waals surface area contributed by atoms with Gasteiger partial charge in [0.25, 0.3) is 5.56 Å². The monoisotopic (exact) mass is 235 g/mol.